The Hall–Kier alpha value is -4.84. The molecular weight excluding hydrogens is 426 g/mol. The highest BCUT2D eigenvalue weighted by Gasteiger charge is 2.35. The molecule has 0 fully saturated rings. The lowest BCUT2D eigenvalue weighted by atomic mass is 9.82. The first-order valence-corrected chi connectivity index (χ1v) is 10.8. The van der Waals surface area contributed by atoms with E-state index in [1.165, 1.54) is 0 Å². The monoisotopic (exact) mass is 443 g/mol. The van der Waals surface area contributed by atoms with Gasteiger partial charge >= 0.3 is 0 Å². The van der Waals surface area contributed by atoms with Crippen molar-refractivity contribution in [3.05, 3.63) is 119 Å². The summed E-state index contributed by atoms with van der Waals surface area (Å²) in [6, 6.07) is 26.6. The number of benzene rings is 4. The van der Waals surface area contributed by atoms with Gasteiger partial charge < -0.3 is 10.3 Å². The number of aromatic nitrogens is 2. The van der Waals surface area contributed by atoms with Crippen molar-refractivity contribution in [3.8, 4) is 11.4 Å². The Morgan fingerprint density at radius 2 is 1.32 bits per heavy atom. The van der Waals surface area contributed by atoms with E-state index >= 15 is 0 Å². The minimum atomic E-state index is -0.371. The van der Waals surface area contributed by atoms with Crippen LogP contribution in [0.5, 0.6) is 0 Å². The molecule has 0 saturated carbocycles. The van der Waals surface area contributed by atoms with E-state index in [1.807, 2.05) is 36.4 Å². The minimum Gasteiger partial charge on any atom is -0.338 e. The van der Waals surface area contributed by atoms with Crippen LogP contribution in [0, 0.1) is 0 Å². The Kier molecular flexibility index (Phi) is 4.45. The van der Waals surface area contributed by atoms with Gasteiger partial charge in [-0.05, 0) is 18.2 Å². The Bertz CT molecular complexity index is 1620. The normalized spacial score (nSPS) is 12.4. The van der Waals surface area contributed by atoms with Crippen LogP contribution in [0.15, 0.2) is 91.0 Å². The van der Waals surface area contributed by atoms with Crippen LogP contribution in [0.25, 0.3) is 22.4 Å². The van der Waals surface area contributed by atoms with Crippen LogP contribution >= 0.6 is 0 Å². The Morgan fingerprint density at radius 3 is 2.00 bits per heavy atom. The van der Waals surface area contributed by atoms with Crippen LogP contribution in [-0.4, -0.2) is 27.4 Å². The summed E-state index contributed by atoms with van der Waals surface area (Å²) in [5.41, 5.74) is 3.52. The quantitative estimate of drug-likeness (QED) is 0.390. The maximum atomic E-state index is 13.6. The third-order valence-corrected chi connectivity index (χ3v) is 5.98. The number of amides is 1. The lowest BCUT2D eigenvalue weighted by Crippen LogP contribution is -2.24. The fourth-order valence-electron chi connectivity index (χ4n) is 4.37. The molecule has 0 atom stereocenters. The van der Waals surface area contributed by atoms with Gasteiger partial charge in [0.15, 0.2) is 11.6 Å². The highest BCUT2D eigenvalue weighted by Crippen LogP contribution is 2.37. The van der Waals surface area contributed by atoms with E-state index in [4.69, 9.17) is 4.98 Å². The molecule has 0 radical (unpaired) electrons. The van der Waals surface area contributed by atoms with Crippen molar-refractivity contribution < 1.29 is 14.4 Å². The second kappa shape index (κ2) is 7.64. The number of carbonyl (C=O) groups is 3. The molecular formula is C28H17N3O3. The summed E-state index contributed by atoms with van der Waals surface area (Å²) < 4.78 is 0. The summed E-state index contributed by atoms with van der Waals surface area (Å²) in [6.45, 7) is 0. The van der Waals surface area contributed by atoms with E-state index in [-0.39, 0.29) is 34.3 Å². The van der Waals surface area contributed by atoms with Crippen molar-refractivity contribution in [2.24, 2.45) is 0 Å². The zero-order valence-electron chi connectivity index (χ0n) is 17.8. The molecule has 0 saturated heterocycles. The molecule has 0 unspecified atom stereocenters. The Balaban J connectivity index is 1.59. The molecule has 2 N–H and O–H groups in total. The largest absolute Gasteiger partial charge is 0.338 e. The number of fused-ring (bicyclic) bond motifs is 4. The van der Waals surface area contributed by atoms with E-state index in [9.17, 15) is 14.4 Å². The number of H-pyrrole nitrogens is 1. The van der Waals surface area contributed by atoms with Crippen molar-refractivity contribution in [1.29, 1.82) is 0 Å². The summed E-state index contributed by atoms with van der Waals surface area (Å²) in [7, 11) is 0. The number of carbonyl (C=O) groups excluding carboxylic acids is 3. The summed E-state index contributed by atoms with van der Waals surface area (Å²) in [4.78, 5) is 48.1. The van der Waals surface area contributed by atoms with Crippen molar-refractivity contribution in [2.45, 2.75) is 0 Å². The molecule has 4 aromatic carbocycles. The van der Waals surface area contributed by atoms with E-state index in [0.717, 1.165) is 5.56 Å². The van der Waals surface area contributed by atoms with Crippen LogP contribution in [-0.2, 0) is 0 Å². The van der Waals surface area contributed by atoms with E-state index in [1.54, 1.807) is 54.6 Å². The third kappa shape index (κ3) is 3.04. The first-order chi connectivity index (χ1) is 16.6. The number of anilines is 1. The standard InChI is InChI=1S/C28H17N3O3/c32-25-18-13-7-8-14-19(18)26(33)23-22(25)20(30-28(34)17-11-5-2-6-12-17)15-21-24(23)31-27(29-21)16-9-3-1-4-10-16/h1-15H,(H,29,31)(H,30,34). The average molecular weight is 443 g/mol. The number of nitrogens with zero attached hydrogens (tertiary/aromatic N) is 1. The van der Waals surface area contributed by atoms with Crippen molar-refractivity contribution >= 4 is 34.2 Å². The number of nitrogens with one attached hydrogen (secondary N) is 2. The zero-order valence-corrected chi connectivity index (χ0v) is 17.8. The van der Waals surface area contributed by atoms with Gasteiger partial charge in [-0.1, -0.05) is 72.8 Å². The maximum absolute atomic E-state index is 13.6. The van der Waals surface area contributed by atoms with Crippen molar-refractivity contribution in [3.63, 3.8) is 0 Å². The van der Waals surface area contributed by atoms with E-state index < -0.39 is 0 Å². The number of aromatic amines is 1. The summed E-state index contributed by atoms with van der Waals surface area (Å²) in [5.74, 6) is -0.413. The van der Waals surface area contributed by atoms with Gasteiger partial charge in [0, 0.05) is 22.3 Å². The molecule has 5 aromatic rings. The number of hydrogen-bond acceptors (Lipinski definition) is 4. The average Bonchev–Trinajstić information content (AvgIpc) is 3.31. The molecule has 1 heterocycles. The predicted molar refractivity (Wildman–Crippen MR) is 129 cm³/mol. The van der Waals surface area contributed by atoms with Crippen LogP contribution in [0.1, 0.15) is 42.2 Å². The molecule has 0 spiro atoms. The Morgan fingerprint density at radius 1 is 0.735 bits per heavy atom. The Labute approximate surface area is 194 Å². The SMILES string of the molecule is O=C(Nc1cc2[nH]c(-c3ccccc3)nc2c2c1C(=O)c1ccccc1C2=O)c1ccccc1. The number of imidazole rings is 1. The van der Waals surface area contributed by atoms with Crippen LogP contribution in [0.2, 0.25) is 0 Å². The zero-order chi connectivity index (χ0) is 23.2. The smallest absolute Gasteiger partial charge is 0.255 e. The maximum Gasteiger partial charge on any atom is 0.255 e. The molecule has 6 rings (SSSR count). The number of ketones is 2. The van der Waals surface area contributed by atoms with Crippen molar-refractivity contribution in [1.82, 2.24) is 9.97 Å². The van der Waals surface area contributed by atoms with Crippen molar-refractivity contribution in [2.75, 3.05) is 5.32 Å². The topological polar surface area (TPSA) is 91.9 Å². The molecule has 0 aliphatic heterocycles. The summed E-state index contributed by atoms with van der Waals surface area (Å²) >= 11 is 0. The molecule has 1 aromatic heterocycles. The van der Waals surface area contributed by atoms with Crippen LogP contribution in [0.3, 0.4) is 0 Å². The fourth-order valence-corrected chi connectivity index (χ4v) is 4.37. The van der Waals surface area contributed by atoms with Gasteiger partial charge in [-0.25, -0.2) is 4.98 Å². The van der Waals surface area contributed by atoms with Gasteiger partial charge in [-0.15, -0.1) is 0 Å². The van der Waals surface area contributed by atoms with E-state index in [2.05, 4.69) is 10.3 Å². The lowest BCUT2D eigenvalue weighted by Gasteiger charge is -2.21. The first-order valence-electron chi connectivity index (χ1n) is 10.8. The number of hydrogen-bond donors (Lipinski definition) is 2. The second-order valence-electron chi connectivity index (χ2n) is 8.05. The number of rotatable bonds is 3. The van der Waals surface area contributed by atoms with Gasteiger partial charge in [0.2, 0.25) is 0 Å². The van der Waals surface area contributed by atoms with Gasteiger partial charge in [-0.3, -0.25) is 14.4 Å². The predicted octanol–water partition coefficient (Wildman–Crippen LogP) is 5.26. The summed E-state index contributed by atoms with van der Waals surface area (Å²) in [5, 5.41) is 2.85. The molecule has 1 aliphatic carbocycles. The minimum absolute atomic E-state index is 0.159. The molecule has 1 amide bonds. The molecule has 6 heteroatoms. The summed E-state index contributed by atoms with van der Waals surface area (Å²) in [6.07, 6.45) is 0. The highest BCUT2D eigenvalue weighted by molar-refractivity contribution is 6.34. The molecule has 34 heavy (non-hydrogen) atoms. The second-order valence-corrected chi connectivity index (χ2v) is 8.05. The third-order valence-electron chi connectivity index (χ3n) is 5.98. The fraction of sp³-hybridized carbons (Fsp3) is 0. The molecule has 1 aliphatic rings. The van der Waals surface area contributed by atoms with E-state index in [0.29, 0.717) is 33.5 Å². The molecule has 0 bridgehead atoms. The molecule has 162 valence electrons. The first kappa shape index (κ1) is 19.8. The van der Waals surface area contributed by atoms with Gasteiger partial charge in [0.05, 0.1) is 22.3 Å². The molecule has 6 nitrogen and oxygen atoms in total. The highest BCUT2D eigenvalue weighted by atomic mass is 16.2. The van der Waals surface area contributed by atoms with Gasteiger partial charge in [-0.2, -0.15) is 0 Å². The van der Waals surface area contributed by atoms with Crippen LogP contribution in [0.4, 0.5) is 5.69 Å². The lowest BCUT2D eigenvalue weighted by molar-refractivity contribution is 0.0979. The van der Waals surface area contributed by atoms with Gasteiger partial charge in [0.25, 0.3) is 5.91 Å². The van der Waals surface area contributed by atoms with Gasteiger partial charge in [0.1, 0.15) is 11.3 Å². The van der Waals surface area contributed by atoms with Crippen LogP contribution < -0.4 is 5.32 Å².